The molecule has 1 aromatic carbocycles. The molecule has 4 rings (SSSR count). The van der Waals surface area contributed by atoms with E-state index in [1.807, 2.05) is 37.4 Å². The molecule has 0 atom stereocenters. The Morgan fingerprint density at radius 1 is 1.16 bits per heavy atom. The molecule has 3 heterocycles. The molecule has 9 heteroatoms. The van der Waals surface area contributed by atoms with E-state index in [2.05, 4.69) is 10.00 Å². The smallest absolute Gasteiger partial charge is 0.354 e. The number of likely N-dealkylation sites (tertiary alicyclic amines) is 1. The summed E-state index contributed by atoms with van der Waals surface area (Å²) in [5, 5.41) is 23.7. The molecule has 0 bridgehead atoms. The van der Waals surface area contributed by atoms with Gasteiger partial charge < -0.3 is 19.9 Å². The van der Waals surface area contributed by atoms with Crippen molar-refractivity contribution in [3.05, 3.63) is 70.4 Å². The first-order valence-electron chi connectivity index (χ1n) is 10.5. The Hall–Kier alpha value is -3.30. The van der Waals surface area contributed by atoms with E-state index < -0.39 is 11.6 Å². The van der Waals surface area contributed by atoms with Crippen LogP contribution in [0.2, 0.25) is 0 Å². The van der Waals surface area contributed by atoms with E-state index in [1.54, 1.807) is 0 Å². The molecule has 32 heavy (non-hydrogen) atoms. The highest BCUT2D eigenvalue weighted by atomic mass is 16.4. The largest absolute Gasteiger partial charge is 0.477 e. The van der Waals surface area contributed by atoms with Gasteiger partial charge in [-0.3, -0.25) is 9.36 Å². The SMILES string of the molecule is CN1CCC(O)(Cn2cnn3c(C(=O)O)ccc3c2=O)CC1.O=CCCc1ccccc1. The fraction of sp³-hybridized carbons (Fsp3) is 0.391. The molecular formula is C23H28N4O5. The molecule has 2 N–H and O–H groups in total. The molecule has 0 amide bonds. The third-order valence-corrected chi connectivity index (χ3v) is 5.64. The fourth-order valence-corrected chi connectivity index (χ4v) is 3.68. The number of benzene rings is 1. The molecule has 0 aliphatic carbocycles. The van der Waals surface area contributed by atoms with E-state index in [1.165, 1.54) is 28.6 Å². The minimum atomic E-state index is -1.14. The van der Waals surface area contributed by atoms with Crippen LogP contribution in [0.4, 0.5) is 0 Å². The maximum absolute atomic E-state index is 12.4. The Morgan fingerprint density at radius 2 is 1.84 bits per heavy atom. The van der Waals surface area contributed by atoms with Gasteiger partial charge in [-0.25, -0.2) is 9.31 Å². The highest BCUT2D eigenvalue weighted by molar-refractivity contribution is 5.87. The summed E-state index contributed by atoms with van der Waals surface area (Å²) in [4.78, 5) is 35.6. The maximum Gasteiger partial charge on any atom is 0.354 e. The van der Waals surface area contributed by atoms with Gasteiger partial charge in [-0.15, -0.1) is 0 Å². The van der Waals surface area contributed by atoms with Crippen LogP contribution in [0.15, 0.2) is 53.6 Å². The fourth-order valence-electron chi connectivity index (χ4n) is 3.68. The Balaban J connectivity index is 0.000000243. The van der Waals surface area contributed by atoms with Crippen LogP contribution in [-0.2, 0) is 17.8 Å². The molecule has 0 unspecified atom stereocenters. The number of rotatable bonds is 6. The quantitative estimate of drug-likeness (QED) is 0.558. The number of carboxylic acid groups (broad SMARTS) is 1. The van der Waals surface area contributed by atoms with Crippen LogP contribution in [0, 0.1) is 0 Å². The number of aldehydes is 1. The number of aliphatic hydroxyl groups is 1. The number of carboxylic acids is 1. The molecular weight excluding hydrogens is 412 g/mol. The van der Waals surface area contributed by atoms with Crippen molar-refractivity contribution in [3.63, 3.8) is 0 Å². The Morgan fingerprint density at radius 3 is 2.47 bits per heavy atom. The number of nitrogens with zero attached hydrogens (tertiary/aromatic N) is 4. The summed E-state index contributed by atoms with van der Waals surface area (Å²) in [5.74, 6) is -1.14. The molecule has 2 aromatic heterocycles. The lowest BCUT2D eigenvalue weighted by atomic mass is 9.91. The van der Waals surface area contributed by atoms with E-state index in [0.717, 1.165) is 30.3 Å². The van der Waals surface area contributed by atoms with Gasteiger partial charge in [0.1, 0.15) is 18.1 Å². The van der Waals surface area contributed by atoms with Crippen LogP contribution in [0.3, 0.4) is 0 Å². The summed E-state index contributed by atoms with van der Waals surface area (Å²) in [5.41, 5.74) is 0.0802. The van der Waals surface area contributed by atoms with E-state index in [4.69, 9.17) is 5.11 Å². The summed E-state index contributed by atoms with van der Waals surface area (Å²) in [7, 11) is 1.99. The van der Waals surface area contributed by atoms with Crippen molar-refractivity contribution >= 4 is 17.8 Å². The first-order chi connectivity index (χ1) is 15.3. The Labute approximate surface area is 185 Å². The second kappa shape index (κ2) is 10.3. The van der Waals surface area contributed by atoms with E-state index in [0.29, 0.717) is 19.3 Å². The lowest BCUT2D eigenvalue weighted by Gasteiger charge is -2.36. The molecule has 3 aromatic rings. The minimum Gasteiger partial charge on any atom is -0.477 e. The van der Waals surface area contributed by atoms with Crippen molar-refractivity contribution in [2.75, 3.05) is 20.1 Å². The zero-order valence-corrected chi connectivity index (χ0v) is 18.1. The average molecular weight is 441 g/mol. The zero-order valence-electron chi connectivity index (χ0n) is 18.1. The predicted molar refractivity (Wildman–Crippen MR) is 119 cm³/mol. The van der Waals surface area contributed by atoms with Crippen LogP contribution in [-0.4, -0.2) is 67.3 Å². The number of carbonyl (C=O) groups excluding carboxylic acids is 1. The van der Waals surface area contributed by atoms with Crippen molar-refractivity contribution in [1.29, 1.82) is 0 Å². The van der Waals surface area contributed by atoms with E-state index in [-0.39, 0.29) is 23.3 Å². The number of hydrogen-bond acceptors (Lipinski definition) is 6. The third-order valence-electron chi connectivity index (χ3n) is 5.64. The lowest BCUT2D eigenvalue weighted by Crippen LogP contribution is -2.47. The zero-order chi connectivity index (χ0) is 23.1. The summed E-state index contributed by atoms with van der Waals surface area (Å²) in [6.45, 7) is 1.71. The molecule has 0 saturated carbocycles. The second-order valence-corrected chi connectivity index (χ2v) is 8.10. The lowest BCUT2D eigenvalue weighted by molar-refractivity contribution is -0.107. The third kappa shape index (κ3) is 5.68. The molecule has 1 saturated heterocycles. The molecule has 9 nitrogen and oxygen atoms in total. The van der Waals surface area contributed by atoms with Gasteiger partial charge in [0.05, 0.1) is 12.1 Å². The summed E-state index contributed by atoms with van der Waals surface area (Å²) in [6.07, 6.45) is 4.91. The molecule has 1 fully saturated rings. The van der Waals surface area contributed by atoms with Crippen molar-refractivity contribution in [2.45, 2.75) is 37.8 Å². The summed E-state index contributed by atoms with van der Waals surface area (Å²) < 4.78 is 2.46. The van der Waals surface area contributed by atoms with Crippen LogP contribution < -0.4 is 5.56 Å². The topological polar surface area (TPSA) is 117 Å². The molecule has 1 aliphatic rings. The van der Waals surface area contributed by atoms with Gasteiger partial charge in [0.2, 0.25) is 0 Å². The standard InChI is InChI=1S/C14H18N4O4.C9H10O/c1-16-6-4-14(22,5-7-16)8-17-9-15-18-10(12(17)19)2-3-11(18)13(20)21;10-8-4-7-9-5-2-1-3-6-9/h2-3,9,22H,4-8H2,1H3,(H,20,21);1-3,5-6,8H,4,7H2. The van der Waals surface area contributed by atoms with Gasteiger partial charge in [-0.2, -0.15) is 5.10 Å². The number of aromatic carboxylic acids is 1. The number of carbonyl (C=O) groups is 2. The molecule has 0 spiro atoms. The van der Waals surface area contributed by atoms with Crippen molar-refractivity contribution in [2.24, 2.45) is 0 Å². The number of hydrogen-bond donors (Lipinski definition) is 2. The maximum atomic E-state index is 12.4. The Bertz CT molecular complexity index is 1110. The second-order valence-electron chi connectivity index (χ2n) is 8.10. The number of piperidine rings is 1. The van der Waals surface area contributed by atoms with Gasteiger partial charge >= 0.3 is 5.97 Å². The van der Waals surface area contributed by atoms with E-state index >= 15 is 0 Å². The monoisotopic (exact) mass is 440 g/mol. The van der Waals surface area contributed by atoms with Crippen LogP contribution in [0.25, 0.3) is 5.52 Å². The van der Waals surface area contributed by atoms with Gasteiger partial charge in [0.25, 0.3) is 5.56 Å². The summed E-state index contributed by atoms with van der Waals surface area (Å²) >= 11 is 0. The minimum absolute atomic E-state index is 0.0581. The van der Waals surface area contributed by atoms with Crippen LogP contribution >= 0.6 is 0 Å². The number of aryl methyl sites for hydroxylation is 1. The van der Waals surface area contributed by atoms with Crippen molar-refractivity contribution in [3.8, 4) is 0 Å². The van der Waals surface area contributed by atoms with Gasteiger partial charge in [0, 0.05) is 19.5 Å². The van der Waals surface area contributed by atoms with E-state index in [9.17, 15) is 19.5 Å². The number of aromatic nitrogens is 3. The van der Waals surface area contributed by atoms with Crippen molar-refractivity contribution in [1.82, 2.24) is 19.1 Å². The molecule has 1 aliphatic heterocycles. The summed E-state index contributed by atoms with van der Waals surface area (Å²) in [6, 6.07) is 12.8. The number of fused-ring (bicyclic) bond motifs is 1. The highest BCUT2D eigenvalue weighted by Crippen LogP contribution is 2.22. The van der Waals surface area contributed by atoms with Crippen LogP contribution in [0.5, 0.6) is 0 Å². The first-order valence-corrected chi connectivity index (χ1v) is 10.5. The van der Waals surface area contributed by atoms with Gasteiger partial charge in [-0.1, -0.05) is 30.3 Å². The predicted octanol–water partition coefficient (Wildman–Crippen LogP) is 1.47. The van der Waals surface area contributed by atoms with Crippen molar-refractivity contribution < 1.29 is 19.8 Å². The molecule has 0 radical (unpaired) electrons. The van der Waals surface area contributed by atoms with Gasteiger partial charge in [0.15, 0.2) is 5.69 Å². The first kappa shape index (κ1) is 23.4. The van der Waals surface area contributed by atoms with Gasteiger partial charge in [-0.05, 0) is 44.0 Å². The average Bonchev–Trinajstić information content (AvgIpc) is 3.23. The molecule has 170 valence electrons. The normalized spacial score (nSPS) is 15.7. The van der Waals surface area contributed by atoms with Crippen LogP contribution in [0.1, 0.15) is 35.3 Å². The Kier molecular flexibility index (Phi) is 7.55. The highest BCUT2D eigenvalue weighted by Gasteiger charge is 2.32.